The Kier molecular flexibility index (Phi) is 2.85. The molecule has 1 fully saturated rings. The fourth-order valence-electron chi connectivity index (χ4n) is 3.20. The van der Waals surface area contributed by atoms with Crippen LogP contribution in [0.3, 0.4) is 0 Å². The Morgan fingerprint density at radius 1 is 1.12 bits per heavy atom. The maximum Gasteiger partial charge on any atom is 0.176 e. The summed E-state index contributed by atoms with van der Waals surface area (Å²) in [6.45, 7) is 0.965. The number of H-pyrrole nitrogens is 1. The molecule has 6 heteroatoms. The molecule has 6 nitrogen and oxygen atoms in total. The Labute approximate surface area is 139 Å². The maximum atomic E-state index is 4.81. The number of hydrogen-bond acceptors (Lipinski definition) is 3. The van der Waals surface area contributed by atoms with E-state index in [1.54, 1.807) is 0 Å². The zero-order valence-electron chi connectivity index (χ0n) is 13.5. The molecular weight excluding hydrogens is 300 g/mol. The molecular formula is C18H18N6. The van der Waals surface area contributed by atoms with E-state index in [0.29, 0.717) is 0 Å². The van der Waals surface area contributed by atoms with E-state index >= 15 is 0 Å². The number of aryl methyl sites for hydroxylation is 1. The molecule has 1 aromatic carbocycles. The zero-order valence-corrected chi connectivity index (χ0v) is 13.5. The van der Waals surface area contributed by atoms with E-state index in [0.717, 1.165) is 46.3 Å². The fourth-order valence-corrected chi connectivity index (χ4v) is 3.20. The lowest BCUT2D eigenvalue weighted by Gasteiger charge is -2.04. The van der Waals surface area contributed by atoms with Gasteiger partial charge in [0.1, 0.15) is 11.3 Å². The Morgan fingerprint density at radius 2 is 1.96 bits per heavy atom. The smallest absolute Gasteiger partial charge is 0.176 e. The van der Waals surface area contributed by atoms with Gasteiger partial charge in [0, 0.05) is 19.2 Å². The van der Waals surface area contributed by atoms with Gasteiger partial charge in [0.25, 0.3) is 0 Å². The molecule has 120 valence electrons. The van der Waals surface area contributed by atoms with E-state index in [9.17, 15) is 0 Å². The summed E-state index contributed by atoms with van der Waals surface area (Å²) in [6, 6.07) is 10.3. The summed E-state index contributed by atoms with van der Waals surface area (Å²) in [6.07, 6.45) is 6.35. The van der Waals surface area contributed by atoms with Crippen molar-refractivity contribution in [1.82, 2.24) is 29.5 Å². The van der Waals surface area contributed by atoms with Gasteiger partial charge in [-0.3, -0.25) is 4.68 Å². The molecule has 24 heavy (non-hydrogen) atoms. The molecule has 5 rings (SSSR count). The van der Waals surface area contributed by atoms with Crippen LogP contribution in [-0.4, -0.2) is 29.5 Å². The highest BCUT2D eigenvalue weighted by Crippen LogP contribution is 2.33. The van der Waals surface area contributed by atoms with E-state index in [1.807, 2.05) is 47.0 Å². The molecule has 1 saturated carbocycles. The van der Waals surface area contributed by atoms with Gasteiger partial charge in [0.15, 0.2) is 5.65 Å². The first-order valence-electron chi connectivity index (χ1n) is 8.29. The van der Waals surface area contributed by atoms with Crippen LogP contribution in [0.5, 0.6) is 0 Å². The number of aromatic amines is 1. The Hall–Kier alpha value is -2.89. The molecule has 3 aromatic heterocycles. The van der Waals surface area contributed by atoms with E-state index in [-0.39, 0.29) is 0 Å². The van der Waals surface area contributed by atoms with E-state index in [2.05, 4.69) is 27.3 Å². The van der Waals surface area contributed by atoms with Crippen molar-refractivity contribution in [2.45, 2.75) is 19.4 Å². The third kappa shape index (κ3) is 2.14. The minimum absolute atomic E-state index is 0.770. The summed E-state index contributed by atoms with van der Waals surface area (Å²) in [5.41, 5.74) is 5.12. The van der Waals surface area contributed by atoms with Crippen LogP contribution in [-0.2, 0) is 13.6 Å². The highest BCUT2D eigenvalue weighted by molar-refractivity contribution is 5.82. The predicted molar refractivity (Wildman–Crippen MR) is 92.2 cm³/mol. The van der Waals surface area contributed by atoms with Crippen molar-refractivity contribution < 1.29 is 0 Å². The van der Waals surface area contributed by atoms with Gasteiger partial charge >= 0.3 is 0 Å². The third-order valence-corrected chi connectivity index (χ3v) is 4.65. The quantitative estimate of drug-likeness (QED) is 0.628. The molecule has 0 amide bonds. The molecule has 0 bridgehead atoms. The summed E-state index contributed by atoms with van der Waals surface area (Å²) in [4.78, 5) is 8.22. The minimum atomic E-state index is 0.770. The molecule has 3 heterocycles. The lowest BCUT2D eigenvalue weighted by atomic mass is 10.1. The van der Waals surface area contributed by atoms with Gasteiger partial charge in [-0.1, -0.05) is 30.3 Å². The average Bonchev–Trinajstić information content (AvgIpc) is 3.01. The predicted octanol–water partition coefficient (Wildman–Crippen LogP) is 3.24. The number of benzene rings is 1. The molecule has 1 N–H and O–H groups in total. The van der Waals surface area contributed by atoms with Gasteiger partial charge in [-0.15, -0.1) is 0 Å². The summed E-state index contributed by atoms with van der Waals surface area (Å²) < 4.78 is 3.92. The molecule has 0 aliphatic heterocycles. The maximum absolute atomic E-state index is 4.81. The molecule has 0 atom stereocenters. The van der Waals surface area contributed by atoms with Crippen LogP contribution in [0.4, 0.5) is 0 Å². The number of fused-ring (bicyclic) bond motifs is 1. The number of imidazole rings is 1. The zero-order chi connectivity index (χ0) is 16.1. The Bertz CT molecular complexity index is 1000. The Morgan fingerprint density at radius 3 is 2.75 bits per heavy atom. The first-order valence-corrected chi connectivity index (χ1v) is 8.29. The van der Waals surface area contributed by atoms with Gasteiger partial charge in [-0.25, -0.2) is 9.67 Å². The van der Waals surface area contributed by atoms with Gasteiger partial charge in [0.05, 0.1) is 23.7 Å². The van der Waals surface area contributed by atoms with Crippen molar-refractivity contribution in [3.63, 3.8) is 0 Å². The van der Waals surface area contributed by atoms with Crippen LogP contribution in [0.25, 0.3) is 33.8 Å². The molecule has 1 aliphatic carbocycles. The van der Waals surface area contributed by atoms with Crippen LogP contribution in [0.15, 0.2) is 42.7 Å². The summed E-state index contributed by atoms with van der Waals surface area (Å²) in [7, 11) is 1.96. The molecule has 1 aliphatic rings. The second kappa shape index (κ2) is 5.06. The number of aromatic nitrogens is 6. The van der Waals surface area contributed by atoms with Gasteiger partial charge in [-0.2, -0.15) is 10.2 Å². The van der Waals surface area contributed by atoms with Crippen molar-refractivity contribution in [2.75, 3.05) is 0 Å². The van der Waals surface area contributed by atoms with Crippen LogP contribution in [0, 0.1) is 5.92 Å². The Balaban J connectivity index is 1.62. The van der Waals surface area contributed by atoms with Crippen LogP contribution in [0.2, 0.25) is 0 Å². The molecule has 0 radical (unpaired) electrons. The summed E-state index contributed by atoms with van der Waals surface area (Å²) in [5.74, 6) is 1.62. The van der Waals surface area contributed by atoms with Crippen molar-refractivity contribution in [1.29, 1.82) is 0 Å². The minimum Gasteiger partial charge on any atom is -0.335 e. The standard InChI is InChI=1S/C18H18N6/c1-23-16(13-5-3-2-4-6-13)14(9-19-23)17-21-15-10-20-24(18(15)22-17)11-12-7-8-12/h2-6,9-10,12H,7-8,11H2,1H3,(H,21,22). The van der Waals surface area contributed by atoms with Crippen molar-refractivity contribution in [2.24, 2.45) is 13.0 Å². The van der Waals surface area contributed by atoms with Gasteiger partial charge in [0.2, 0.25) is 0 Å². The van der Waals surface area contributed by atoms with Crippen molar-refractivity contribution >= 4 is 11.2 Å². The van der Waals surface area contributed by atoms with E-state index in [4.69, 9.17) is 4.98 Å². The van der Waals surface area contributed by atoms with E-state index in [1.165, 1.54) is 12.8 Å². The average molecular weight is 318 g/mol. The third-order valence-electron chi connectivity index (χ3n) is 4.65. The molecule has 4 aromatic rings. The normalized spacial score (nSPS) is 14.5. The summed E-state index contributed by atoms with van der Waals surface area (Å²) >= 11 is 0. The van der Waals surface area contributed by atoms with Crippen LogP contribution in [0.1, 0.15) is 12.8 Å². The lowest BCUT2D eigenvalue weighted by Crippen LogP contribution is -2.01. The molecule has 0 spiro atoms. The molecule has 0 saturated heterocycles. The molecule has 0 unspecified atom stereocenters. The van der Waals surface area contributed by atoms with E-state index < -0.39 is 0 Å². The number of hydrogen-bond donors (Lipinski definition) is 1. The van der Waals surface area contributed by atoms with Crippen molar-refractivity contribution in [3.8, 4) is 22.6 Å². The van der Waals surface area contributed by atoms with Crippen LogP contribution >= 0.6 is 0 Å². The number of nitrogens with zero attached hydrogens (tertiary/aromatic N) is 5. The highest BCUT2D eigenvalue weighted by atomic mass is 15.3. The highest BCUT2D eigenvalue weighted by Gasteiger charge is 2.24. The van der Waals surface area contributed by atoms with Gasteiger partial charge in [-0.05, 0) is 18.8 Å². The summed E-state index contributed by atoms with van der Waals surface area (Å²) in [5, 5.41) is 8.90. The monoisotopic (exact) mass is 318 g/mol. The van der Waals surface area contributed by atoms with Crippen molar-refractivity contribution in [3.05, 3.63) is 42.7 Å². The first-order chi connectivity index (χ1) is 11.8. The second-order valence-corrected chi connectivity index (χ2v) is 6.49. The SMILES string of the molecule is Cn1ncc(-c2nc3c(cnn3CC3CC3)[nH]2)c1-c1ccccc1. The fraction of sp³-hybridized carbons (Fsp3) is 0.278. The second-order valence-electron chi connectivity index (χ2n) is 6.49. The topological polar surface area (TPSA) is 64.3 Å². The number of nitrogens with one attached hydrogen (secondary N) is 1. The first kappa shape index (κ1) is 13.5. The van der Waals surface area contributed by atoms with Gasteiger partial charge < -0.3 is 4.98 Å². The largest absolute Gasteiger partial charge is 0.335 e. The number of rotatable bonds is 4. The van der Waals surface area contributed by atoms with Crippen LogP contribution < -0.4 is 0 Å². The lowest BCUT2D eigenvalue weighted by molar-refractivity contribution is 0.576.